The third-order valence-corrected chi connectivity index (χ3v) is 3.25. The van der Waals surface area contributed by atoms with Crippen LogP contribution in [-0.2, 0) is 0 Å². The maximum absolute atomic E-state index is 12.3. The third kappa shape index (κ3) is 2.56. The van der Waals surface area contributed by atoms with E-state index in [9.17, 15) is 25.2 Å². The summed E-state index contributed by atoms with van der Waals surface area (Å²) in [5.74, 6) is -0.877. The Morgan fingerprint density at radius 3 is 2.57 bits per heavy atom. The zero-order chi connectivity index (χ0) is 16.6. The van der Waals surface area contributed by atoms with Gasteiger partial charge in [-0.05, 0) is 30.3 Å². The van der Waals surface area contributed by atoms with Gasteiger partial charge in [0.05, 0.1) is 16.1 Å². The van der Waals surface area contributed by atoms with Crippen molar-refractivity contribution in [3.8, 4) is 5.75 Å². The van der Waals surface area contributed by atoms with E-state index in [4.69, 9.17) is 0 Å². The molecule has 0 aliphatic rings. The van der Waals surface area contributed by atoms with Gasteiger partial charge in [-0.15, -0.1) is 0 Å². The summed E-state index contributed by atoms with van der Waals surface area (Å²) < 4.78 is 0. The first-order chi connectivity index (χ1) is 11.0. The number of phenolic OH excluding ortho intramolecular Hbond substituents is 1. The lowest BCUT2D eigenvalue weighted by Crippen LogP contribution is -2.27. The zero-order valence-electron chi connectivity index (χ0n) is 11.5. The van der Waals surface area contributed by atoms with E-state index in [1.54, 1.807) is 0 Å². The largest absolute Gasteiger partial charge is 0.508 e. The first kappa shape index (κ1) is 14.5. The highest BCUT2D eigenvalue weighted by Crippen LogP contribution is 2.24. The second-order valence-electron chi connectivity index (χ2n) is 4.69. The van der Waals surface area contributed by atoms with Gasteiger partial charge < -0.3 is 5.11 Å². The fourth-order valence-corrected chi connectivity index (χ4v) is 2.09. The quantitative estimate of drug-likeness (QED) is 0.385. The van der Waals surface area contributed by atoms with Gasteiger partial charge in [-0.25, -0.2) is 0 Å². The zero-order valence-corrected chi connectivity index (χ0v) is 11.5. The predicted molar refractivity (Wildman–Crippen MR) is 79.5 cm³/mol. The molecule has 3 N–H and O–H groups in total. The van der Waals surface area contributed by atoms with E-state index >= 15 is 0 Å². The number of nitro groups is 1. The number of aromatic nitrogens is 2. The Balaban J connectivity index is 2.01. The fraction of sp³-hybridized carbons (Fsp3) is 0. The van der Waals surface area contributed by atoms with Crippen LogP contribution in [0.25, 0.3) is 10.9 Å². The number of carbonyl (C=O) groups excluding carboxylic acids is 1. The third-order valence-electron chi connectivity index (χ3n) is 3.25. The average Bonchev–Trinajstić information content (AvgIpc) is 2.97. The molecule has 3 rings (SSSR count). The minimum absolute atomic E-state index is 0.0181. The Bertz CT molecular complexity index is 903. The number of carbonyl (C=O) groups is 1. The normalized spacial score (nSPS) is 10.7. The van der Waals surface area contributed by atoms with Crippen LogP contribution in [0.3, 0.4) is 0 Å². The Hall–Kier alpha value is -3.46. The maximum atomic E-state index is 12.3. The number of nitrogens with one attached hydrogen (secondary N) is 1. The van der Waals surface area contributed by atoms with Crippen LogP contribution in [0.1, 0.15) is 10.5 Å². The molecule has 0 spiro atoms. The maximum Gasteiger partial charge on any atom is 0.303 e. The van der Waals surface area contributed by atoms with Gasteiger partial charge in [0.25, 0.3) is 5.69 Å². The molecular weight excluding hydrogens is 304 g/mol. The molecule has 0 aliphatic carbocycles. The molecule has 116 valence electrons. The molecule has 9 nitrogen and oxygen atoms in total. The minimum Gasteiger partial charge on any atom is -0.508 e. The van der Waals surface area contributed by atoms with Gasteiger partial charge >= 0.3 is 5.91 Å². The lowest BCUT2D eigenvalue weighted by Gasteiger charge is -2.13. The Kier molecular flexibility index (Phi) is 3.39. The van der Waals surface area contributed by atoms with Crippen molar-refractivity contribution in [3.63, 3.8) is 0 Å². The molecule has 0 radical (unpaired) electrons. The summed E-state index contributed by atoms with van der Waals surface area (Å²) in [6.07, 6.45) is 0. The summed E-state index contributed by atoms with van der Waals surface area (Å²) in [6.45, 7) is 0. The van der Waals surface area contributed by atoms with Crippen molar-refractivity contribution < 1.29 is 20.0 Å². The molecule has 0 saturated heterocycles. The van der Waals surface area contributed by atoms with Crippen molar-refractivity contribution in [1.29, 1.82) is 0 Å². The van der Waals surface area contributed by atoms with Crippen LogP contribution in [-0.4, -0.2) is 31.3 Å². The van der Waals surface area contributed by atoms with Gasteiger partial charge in [0, 0.05) is 17.5 Å². The molecule has 0 atom stereocenters. The van der Waals surface area contributed by atoms with E-state index in [-0.39, 0.29) is 28.2 Å². The number of amides is 1. The van der Waals surface area contributed by atoms with Gasteiger partial charge in [-0.1, -0.05) is 0 Å². The van der Waals surface area contributed by atoms with Gasteiger partial charge in [-0.2, -0.15) is 10.2 Å². The summed E-state index contributed by atoms with van der Waals surface area (Å²) in [5, 5.41) is 37.0. The summed E-state index contributed by atoms with van der Waals surface area (Å²) >= 11 is 0. The fourth-order valence-electron chi connectivity index (χ4n) is 2.09. The number of non-ortho nitro benzene ring substituents is 1. The van der Waals surface area contributed by atoms with Crippen molar-refractivity contribution in [1.82, 2.24) is 10.2 Å². The van der Waals surface area contributed by atoms with E-state index in [0.29, 0.717) is 10.6 Å². The van der Waals surface area contributed by atoms with E-state index in [1.165, 1.54) is 42.5 Å². The van der Waals surface area contributed by atoms with Crippen molar-refractivity contribution in [3.05, 3.63) is 58.3 Å². The number of phenols is 1. The SMILES string of the molecule is O=C(c1n[nH]c2ccc([N+](=O)[O-])cc12)N(O)c1ccc(O)cc1. The minimum atomic E-state index is -0.859. The number of hydrogen-bond donors (Lipinski definition) is 3. The van der Waals surface area contributed by atoms with Gasteiger partial charge in [-0.3, -0.25) is 25.2 Å². The molecule has 0 unspecified atom stereocenters. The molecule has 2 aromatic carbocycles. The van der Waals surface area contributed by atoms with Gasteiger partial charge in [0.2, 0.25) is 0 Å². The molecule has 0 aliphatic heterocycles. The number of aromatic amines is 1. The van der Waals surface area contributed by atoms with Crippen LogP contribution in [0.2, 0.25) is 0 Å². The Morgan fingerprint density at radius 2 is 1.91 bits per heavy atom. The van der Waals surface area contributed by atoms with Gasteiger partial charge in [0.15, 0.2) is 5.69 Å². The highest BCUT2D eigenvalue weighted by molar-refractivity contribution is 6.11. The molecular formula is C14H10N4O5. The number of fused-ring (bicyclic) bond motifs is 1. The summed E-state index contributed by atoms with van der Waals surface area (Å²) in [7, 11) is 0. The molecule has 1 aromatic heterocycles. The molecule has 3 aromatic rings. The molecule has 0 bridgehead atoms. The number of hydrogen-bond acceptors (Lipinski definition) is 6. The highest BCUT2D eigenvalue weighted by atomic mass is 16.6. The predicted octanol–water partition coefficient (Wildman–Crippen LogP) is 2.21. The molecule has 1 heterocycles. The first-order valence-corrected chi connectivity index (χ1v) is 6.42. The number of benzene rings is 2. The van der Waals surface area contributed by atoms with Crippen molar-refractivity contribution in [2.24, 2.45) is 0 Å². The number of nitrogens with zero attached hydrogens (tertiary/aromatic N) is 3. The van der Waals surface area contributed by atoms with Crippen molar-refractivity contribution >= 4 is 28.2 Å². The standard InChI is InChI=1S/C14H10N4O5/c19-10-4-1-8(2-5-10)17(21)14(20)13-11-7-9(18(22)23)3-6-12(11)15-16-13/h1-7,19,21H,(H,15,16). The van der Waals surface area contributed by atoms with Crippen LogP contribution < -0.4 is 5.06 Å². The number of rotatable bonds is 3. The number of nitro benzene ring substituents is 1. The monoisotopic (exact) mass is 314 g/mol. The van der Waals surface area contributed by atoms with Crippen molar-refractivity contribution in [2.75, 3.05) is 5.06 Å². The van der Waals surface area contributed by atoms with E-state index < -0.39 is 10.8 Å². The van der Waals surface area contributed by atoms with E-state index in [1.807, 2.05) is 0 Å². The molecule has 1 amide bonds. The second-order valence-corrected chi connectivity index (χ2v) is 4.69. The molecule has 0 saturated carbocycles. The van der Waals surface area contributed by atoms with Crippen molar-refractivity contribution in [2.45, 2.75) is 0 Å². The van der Waals surface area contributed by atoms with Crippen LogP contribution in [0.5, 0.6) is 5.75 Å². The number of H-pyrrole nitrogens is 1. The number of hydroxylamine groups is 1. The summed E-state index contributed by atoms with van der Waals surface area (Å²) in [4.78, 5) is 22.6. The topological polar surface area (TPSA) is 133 Å². The Morgan fingerprint density at radius 1 is 1.22 bits per heavy atom. The number of anilines is 1. The molecule has 23 heavy (non-hydrogen) atoms. The van der Waals surface area contributed by atoms with Gasteiger partial charge in [0.1, 0.15) is 5.75 Å². The van der Waals surface area contributed by atoms with Crippen LogP contribution in [0, 0.1) is 10.1 Å². The second kappa shape index (κ2) is 5.39. The molecule has 9 heteroatoms. The number of aromatic hydroxyl groups is 1. The van der Waals surface area contributed by atoms with Crippen LogP contribution in [0.15, 0.2) is 42.5 Å². The lowest BCUT2D eigenvalue weighted by atomic mass is 10.1. The first-order valence-electron chi connectivity index (χ1n) is 6.42. The lowest BCUT2D eigenvalue weighted by molar-refractivity contribution is -0.384. The highest BCUT2D eigenvalue weighted by Gasteiger charge is 2.22. The van der Waals surface area contributed by atoms with Crippen LogP contribution in [0.4, 0.5) is 11.4 Å². The summed E-state index contributed by atoms with van der Waals surface area (Å²) in [5.41, 5.74) is 0.203. The summed E-state index contributed by atoms with van der Waals surface area (Å²) in [6, 6.07) is 9.20. The van der Waals surface area contributed by atoms with Crippen LogP contribution >= 0.6 is 0 Å². The smallest absolute Gasteiger partial charge is 0.303 e. The molecule has 0 fully saturated rings. The van der Waals surface area contributed by atoms with E-state index in [0.717, 1.165) is 0 Å². The average molecular weight is 314 g/mol. The van der Waals surface area contributed by atoms with E-state index in [2.05, 4.69) is 10.2 Å². The Labute approximate surface area is 128 Å².